The molecule has 0 aliphatic heterocycles. The Hall–Kier alpha value is -0.292. The number of hydrogen-bond acceptors (Lipinski definition) is 3. The second-order valence-corrected chi connectivity index (χ2v) is 16.7. The molecule has 0 fully saturated rings. The van der Waals surface area contributed by atoms with Crippen molar-refractivity contribution in [1.29, 1.82) is 0 Å². The van der Waals surface area contributed by atoms with Gasteiger partial charge in [0.25, 0.3) is 0 Å². The molecule has 1 aromatic rings. The maximum Gasteiger partial charge on any atom is 0.505 e. The van der Waals surface area contributed by atoms with Crippen molar-refractivity contribution in [2.75, 3.05) is 0 Å². The summed E-state index contributed by atoms with van der Waals surface area (Å²) >= 11 is 0. The van der Waals surface area contributed by atoms with Gasteiger partial charge in [-0.05, 0) is 50.9 Å². The summed E-state index contributed by atoms with van der Waals surface area (Å²) in [7, 11) is -6.60. The molecule has 0 N–H and O–H groups in total. The van der Waals surface area contributed by atoms with Gasteiger partial charge in [0.1, 0.15) is 0 Å². The lowest BCUT2D eigenvalue weighted by Crippen LogP contribution is -2.62. The predicted molar refractivity (Wildman–Crippen MR) is 102 cm³/mol. The third-order valence-electron chi connectivity index (χ3n) is 2.65. The van der Waals surface area contributed by atoms with Crippen molar-refractivity contribution >= 4 is 47.2 Å². The van der Waals surface area contributed by atoms with Crippen molar-refractivity contribution in [3.63, 3.8) is 0 Å². The summed E-state index contributed by atoms with van der Waals surface area (Å²) in [4.78, 5) is 0. The fourth-order valence-electron chi connectivity index (χ4n) is 2.07. The van der Waals surface area contributed by atoms with Gasteiger partial charge in [0.05, 0.1) is 0 Å². The molecule has 0 heterocycles. The molecule has 0 saturated carbocycles. The third kappa shape index (κ3) is 5.78. The van der Waals surface area contributed by atoms with Crippen LogP contribution >= 0.6 is 0 Å². The SMILES string of the molecule is C=Cc1cccc([Si](O[SiH](C)C)(O[SiH](C)C)O[SiH](C)C)c1. The van der Waals surface area contributed by atoms with E-state index in [1.165, 1.54) is 0 Å². The smallest absolute Gasteiger partial charge is 0.416 e. The van der Waals surface area contributed by atoms with Gasteiger partial charge in [-0.2, -0.15) is 0 Å². The van der Waals surface area contributed by atoms with Crippen LogP contribution in [-0.2, 0) is 12.3 Å². The zero-order valence-electron chi connectivity index (χ0n) is 14.1. The summed E-state index contributed by atoms with van der Waals surface area (Å²) in [5, 5.41) is 1.09. The monoisotopic (exact) mass is 356 g/mol. The first-order valence-electron chi connectivity index (χ1n) is 7.55. The Bertz CT molecular complexity index is 437. The Morgan fingerprint density at radius 1 is 0.905 bits per heavy atom. The van der Waals surface area contributed by atoms with E-state index in [0.717, 1.165) is 10.8 Å². The summed E-state index contributed by atoms with van der Waals surface area (Å²) in [6, 6.07) is 8.28. The lowest BCUT2D eigenvalue weighted by atomic mass is 10.2. The molecule has 118 valence electrons. The van der Waals surface area contributed by atoms with Gasteiger partial charge in [-0.3, -0.25) is 0 Å². The van der Waals surface area contributed by atoms with E-state index in [-0.39, 0.29) is 0 Å². The molecule has 0 bridgehead atoms. The summed E-state index contributed by atoms with van der Waals surface area (Å²) in [6.45, 7) is 16.9. The first-order chi connectivity index (χ1) is 9.79. The second kappa shape index (κ2) is 8.37. The van der Waals surface area contributed by atoms with Crippen molar-refractivity contribution < 1.29 is 12.3 Å². The summed E-state index contributed by atoms with van der Waals surface area (Å²) < 4.78 is 19.2. The quantitative estimate of drug-likeness (QED) is 0.670. The molecule has 0 spiro atoms. The molecule has 0 aliphatic rings. The summed E-state index contributed by atoms with van der Waals surface area (Å²) in [5.41, 5.74) is 1.08. The molecule has 3 nitrogen and oxygen atoms in total. The molecule has 0 aliphatic carbocycles. The minimum Gasteiger partial charge on any atom is -0.416 e. The predicted octanol–water partition coefficient (Wildman–Crippen LogP) is 2.48. The average molecular weight is 357 g/mol. The van der Waals surface area contributed by atoms with Gasteiger partial charge in [0.15, 0.2) is 27.1 Å². The first-order valence-corrected chi connectivity index (χ1v) is 17.6. The van der Waals surface area contributed by atoms with Crippen LogP contribution in [0.2, 0.25) is 39.3 Å². The maximum atomic E-state index is 6.41. The Labute approximate surface area is 135 Å². The van der Waals surface area contributed by atoms with Crippen molar-refractivity contribution in [3.05, 3.63) is 36.4 Å². The van der Waals surface area contributed by atoms with Gasteiger partial charge >= 0.3 is 8.80 Å². The Kier molecular flexibility index (Phi) is 7.47. The van der Waals surface area contributed by atoms with E-state index < -0.39 is 35.9 Å². The van der Waals surface area contributed by atoms with E-state index >= 15 is 0 Å². The van der Waals surface area contributed by atoms with Gasteiger partial charge in [0, 0.05) is 5.19 Å². The Morgan fingerprint density at radius 3 is 1.76 bits per heavy atom. The maximum absolute atomic E-state index is 6.41. The highest BCUT2D eigenvalue weighted by Gasteiger charge is 2.45. The van der Waals surface area contributed by atoms with Crippen molar-refractivity contribution in [2.24, 2.45) is 0 Å². The lowest BCUT2D eigenvalue weighted by Gasteiger charge is -2.35. The van der Waals surface area contributed by atoms with Gasteiger partial charge in [-0.25, -0.2) is 0 Å². The Balaban J connectivity index is 3.32. The molecule has 1 rings (SSSR count). The molecule has 0 saturated heterocycles. The number of rotatable bonds is 8. The molecule has 0 unspecified atom stereocenters. The van der Waals surface area contributed by atoms with Crippen LogP contribution in [0, 0.1) is 0 Å². The van der Waals surface area contributed by atoms with E-state index in [1.807, 2.05) is 18.2 Å². The summed E-state index contributed by atoms with van der Waals surface area (Å²) in [6.07, 6.45) is 1.86. The van der Waals surface area contributed by atoms with Crippen molar-refractivity contribution in [1.82, 2.24) is 0 Å². The van der Waals surface area contributed by atoms with E-state index in [0.29, 0.717) is 0 Å². The van der Waals surface area contributed by atoms with Crippen LogP contribution in [0.25, 0.3) is 6.08 Å². The molecule has 0 aromatic heterocycles. The zero-order chi connectivity index (χ0) is 16.0. The molecule has 0 atom stereocenters. The normalized spacial score (nSPS) is 12.4. The minimum absolute atomic E-state index is 1.08. The highest BCUT2D eigenvalue weighted by atomic mass is 28.5. The standard InChI is InChI=1S/C14H28O3Si4/c1-8-13-10-9-11-14(12-13)21(15-18(2)3,16-19(4)5)17-20(6)7/h8-12,18-20H,1H2,2-7H3. The highest BCUT2D eigenvalue weighted by Crippen LogP contribution is 2.16. The average Bonchev–Trinajstić information content (AvgIpc) is 2.36. The summed E-state index contributed by atoms with van der Waals surface area (Å²) in [5.74, 6) is 0. The van der Waals surface area contributed by atoms with E-state index in [4.69, 9.17) is 12.3 Å². The topological polar surface area (TPSA) is 27.7 Å². The largest absolute Gasteiger partial charge is 0.505 e. The third-order valence-corrected chi connectivity index (χ3v) is 13.0. The Morgan fingerprint density at radius 2 is 1.38 bits per heavy atom. The minimum atomic E-state index is -2.77. The number of benzene rings is 1. The lowest BCUT2D eigenvalue weighted by molar-refractivity contribution is 0.290. The van der Waals surface area contributed by atoms with Crippen LogP contribution in [0.4, 0.5) is 0 Å². The zero-order valence-corrected chi connectivity index (χ0v) is 18.5. The fourth-order valence-corrected chi connectivity index (χ4v) is 14.0. The van der Waals surface area contributed by atoms with E-state index in [2.05, 4.69) is 58.0 Å². The van der Waals surface area contributed by atoms with Crippen molar-refractivity contribution in [2.45, 2.75) is 39.3 Å². The fraction of sp³-hybridized carbons (Fsp3) is 0.429. The van der Waals surface area contributed by atoms with Crippen LogP contribution in [0.3, 0.4) is 0 Å². The van der Waals surface area contributed by atoms with Crippen LogP contribution in [-0.4, -0.2) is 35.9 Å². The first kappa shape index (κ1) is 18.8. The van der Waals surface area contributed by atoms with Gasteiger partial charge < -0.3 is 12.3 Å². The number of hydrogen-bond donors (Lipinski definition) is 0. The molecule has 21 heavy (non-hydrogen) atoms. The van der Waals surface area contributed by atoms with Crippen LogP contribution in [0.15, 0.2) is 30.8 Å². The molecular weight excluding hydrogens is 328 g/mol. The van der Waals surface area contributed by atoms with Gasteiger partial charge in [-0.1, -0.05) is 30.9 Å². The molecular formula is C14H28O3Si4. The molecule has 0 amide bonds. The molecule has 1 aromatic carbocycles. The van der Waals surface area contributed by atoms with Gasteiger partial charge in [-0.15, -0.1) is 0 Å². The highest BCUT2D eigenvalue weighted by molar-refractivity contribution is 6.88. The second-order valence-electron chi connectivity index (χ2n) is 5.89. The van der Waals surface area contributed by atoms with Gasteiger partial charge in [0.2, 0.25) is 0 Å². The van der Waals surface area contributed by atoms with Crippen LogP contribution < -0.4 is 5.19 Å². The molecule has 7 heteroatoms. The van der Waals surface area contributed by atoms with Crippen LogP contribution in [0.5, 0.6) is 0 Å². The van der Waals surface area contributed by atoms with Crippen LogP contribution in [0.1, 0.15) is 5.56 Å². The molecule has 0 radical (unpaired) electrons. The van der Waals surface area contributed by atoms with Crippen molar-refractivity contribution in [3.8, 4) is 0 Å². The van der Waals surface area contributed by atoms with E-state index in [9.17, 15) is 0 Å². The van der Waals surface area contributed by atoms with E-state index in [1.54, 1.807) is 0 Å².